The van der Waals surface area contributed by atoms with Gasteiger partial charge in [0.15, 0.2) is 0 Å². The Morgan fingerprint density at radius 3 is 3.05 bits per heavy atom. The first-order chi connectivity index (χ1) is 10.2. The number of rotatable bonds is 6. The van der Waals surface area contributed by atoms with Gasteiger partial charge in [-0.25, -0.2) is 4.98 Å². The molecule has 0 bridgehead atoms. The Hall–Kier alpha value is -1.98. The Balaban J connectivity index is 2.18. The van der Waals surface area contributed by atoms with Crippen molar-refractivity contribution in [3.63, 3.8) is 0 Å². The van der Waals surface area contributed by atoms with E-state index in [0.29, 0.717) is 18.3 Å². The summed E-state index contributed by atoms with van der Waals surface area (Å²) in [5.74, 6) is 0. The number of halogens is 1. The average molecular weight is 305 g/mol. The van der Waals surface area contributed by atoms with E-state index in [9.17, 15) is 0 Å². The monoisotopic (exact) mass is 304 g/mol. The molecule has 0 aromatic carbocycles. The molecule has 2 heterocycles. The second-order valence-electron chi connectivity index (χ2n) is 4.40. The normalized spacial score (nSPS) is 12.4. The number of pyridine rings is 2. The number of methoxy groups -OCH3 is 1. The molecule has 110 valence electrons. The van der Waals surface area contributed by atoms with Gasteiger partial charge in [-0.3, -0.25) is 9.98 Å². The predicted molar refractivity (Wildman–Crippen MR) is 86.6 cm³/mol. The Morgan fingerprint density at radius 2 is 2.29 bits per heavy atom. The van der Waals surface area contributed by atoms with Crippen molar-refractivity contribution in [2.24, 2.45) is 10.7 Å². The van der Waals surface area contributed by atoms with E-state index >= 15 is 0 Å². The fourth-order valence-corrected chi connectivity index (χ4v) is 1.97. The third-order valence-corrected chi connectivity index (χ3v) is 3.09. The summed E-state index contributed by atoms with van der Waals surface area (Å²) in [6, 6.07) is 5.45. The lowest BCUT2D eigenvalue weighted by atomic mass is 10.1. The van der Waals surface area contributed by atoms with Crippen LogP contribution in [0.3, 0.4) is 0 Å². The highest BCUT2D eigenvalue weighted by Gasteiger charge is 2.03. The molecule has 2 rings (SSSR count). The van der Waals surface area contributed by atoms with E-state index in [4.69, 9.17) is 22.1 Å². The van der Waals surface area contributed by atoms with Crippen molar-refractivity contribution in [2.75, 3.05) is 20.3 Å². The van der Waals surface area contributed by atoms with Crippen LogP contribution >= 0.6 is 11.6 Å². The van der Waals surface area contributed by atoms with Gasteiger partial charge in [-0.05, 0) is 24.6 Å². The molecule has 21 heavy (non-hydrogen) atoms. The summed E-state index contributed by atoms with van der Waals surface area (Å²) in [5.41, 5.74) is 8.84. The molecule has 0 aliphatic heterocycles. The quantitative estimate of drug-likeness (QED) is 0.506. The van der Waals surface area contributed by atoms with Crippen molar-refractivity contribution in [1.29, 1.82) is 0 Å². The molecule has 2 aromatic heterocycles. The summed E-state index contributed by atoms with van der Waals surface area (Å²) in [6.07, 6.45) is 5.87. The van der Waals surface area contributed by atoms with Gasteiger partial charge in [0.1, 0.15) is 5.15 Å². The maximum Gasteiger partial charge on any atom is 0.129 e. The van der Waals surface area contributed by atoms with Gasteiger partial charge in [0.05, 0.1) is 11.0 Å². The van der Waals surface area contributed by atoms with Gasteiger partial charge in [0.25, 0.3) is 0 Å². The lowest BCUT2D eigenvalue weighted by Gasteiger charge is -2.03. The second-order valence-corrected chi connectivity index (χ2v) is 4.79. The second kappa shape index (κ2) is 7.71. The van der Waals surface area contributed by atoms with E-state index in [-0.39, 0.29) is 0 Å². The molecule has 2 N–H and O–H groups in total. The number of hydrogen-bond donors (Lipinski definition) is 1. The molecule has 0 aliphatic carbocycles. The third-order valence-electron chi connectivity index (χ3n) is 2.88. The number of allylic oxidation sites excluding steroid dienone is 1. The summed E-state index contributed by atoms with van der Waals surface area (Å²) in [6.45, 7) is 1.38. The largest absolute Gasteiger partial charge is 0.404 e. The van der Waals surface area contributed by atoms with Crippen LogP contribution in [0.15, 0.2) is 35.6 Å². The van der Waals surface area contributed by atoms with Gasteiger partial charge in [0, 0.05) is 50.0 Å². The molecule has 2 aromatic rings. The number of nitrogens with two attached hydrogens (primary N) is 1. The van der Waals surface area contributed by atoms with Crippen LogP contribution in [0.25, 0.3) is 16.6 Å². The van der Waals surface area contributed by atoms with Crippen molar-refractivity contribution in [3.8, 4) is 0 Å². The van der Waals surface area contributed by atoms with E-state index in [2.05, 4.69) is 15.0 Å². The van der Waals surface area contributed by atoms with Crippen LogP contribution in [0.4, 0.5) is 0 Å². The standard InChI is InChI=1S/C15H17ClN4O/c1-21-6-2-5-18-9-12(8-17)11-7-14-13(19-10-11)3-4-15(16)20-14/h3-4,7-10H,2,5-6,17H2,1H3. The Kier molecular flexibility index (Phi) is 5.66. The third kappa shape index (κ3) is 4.24. The molecule has 0 unspecified atom stereocenters. The number of aromatic nitrogens is 2. The zero-order chi connectivity index (χ0) is 15.1. The van der Waals surface area contributed by atoms with Gasteiger partial charge in [-0.1, -0.05) is 11.6 Å². The van der Waals surface area contributed by atoms with Crippen molar-refractivity contribution in [3.05, 3.63) is 41.3 Å². The minimum absolute atomic E-state index is 0.438. The predicted octanol–water partition coefficient (Wildman–Crippen LogP) is 2.69. The maximum absolute atomic E-state index is 5.90. The zero-order valence-electron chi connectivity index (χ0n) is 11.8. The van der Waals surface area contributed by atoms with E-state index in [1.54, 1.807) is 25.6 Å². The minimum atomic E-state index is 0.438. The first-order valence-corrected chi connectivity index (χ1v) is 6.95. The van der Waals surface area contributed by atoms with Crippen LogP contribution in [-0.4, -0.2) is 36.4 Å². The highest BCUT2D eigenvalue weighted by Crippen LogP contribution is 2.18. The number of fused-ring (bicyclic) bond motifs is 1. The molecular weight excluding hydrogens is 288 g/mol. The lowest BCUT2D eigenvalue weighted by molar-refractivity contribution is 0.197. The average Bonchev–Trinajstić information content (AvgIpc) is 2.50. The first kappa shape index (κ1) is 15.4. The topological polar surface area (TPSA) is 73.4 Å². The van der Waals surface area contributed by atoms with E-state index in [0.717, 1.165) is 28.6 Å². The fraction of sp³-hybridized carbons (Fsp3) is 0.267. The Morgan fingerprint density at radius 1 is 1.43 bits per heavy atom. The van der Waals surface area contributed by atoms with Crippen molar-refractivity contribution < 1.29 is 4.74 Å². The van der Waals surface area contributed by atoms with E-state index < -0.39 is 0 Å². The number of hydrogen-bond acceptors (Lipinski definition) is 5. The molecule has 6 heteroatoms. The molecule has 0 saturated heterocycles. The van der Waals surface area contributed by atoms with Crippen molar-refractivity contribution in [1.82, 2.24) is 9.97 Å². The van der Waals surface area contributed by atoms with Crippen LogP contribution in [0.1, 0.15) is 12.0 Å². The van der Waals surface area contributed by atoms with E-state index in [1.807, 2.05) is 12.1 Å². The molecule has 0 aliphatic rings. The molecule has 0 amide bonds. The Labute approximate surface area is 128 Å². The van der Waals surface area contributed by atoms with Crippen molar-refractivity contribution in [2.45, 2.75) is 6.42 Å². The van der Waals surface area contributed by atoms with Crippen LogP contribution in [0, 0.1) is 0 Å². The number of ether oxygens (including phenoxy) is 1. The van der Waals surface area contributed by atoms with Crippen molar-refractivity contribution >= 4 is 34.4 Å². The maximum atomic E-state index is 5.90. The highest BCUT2D eigenvalue weighted by molar-refractivity contribution is 6.29. The molecule has 0 radical (unpaired) electrons. The number of nitrogens with zero attached hydrogens (tertiary/aromatic N) is 3. The molecular formula is C15H17ClN4O. The van der Waals surface area contributed by atoms with Gasteiger partial charge >= 0.3 is 0 Å². The highest BCUT2D eigenvalue weighted by atomic mass is 35.5. The first-order valence-electron chi connectivity index (χ1n) is 6.58. The van der Waals surface area contributed by atoms with Crippen LogP contribution in [0.5, 0.6) is 0 Å². The molecule has 0 spiro atoms. The summed E-state index contributed by atoms with van der Waals surface area (Å²) in [7, 11) is 1.67. The van der Waals surface area contributed by atoms with E-state index in [1.165, 1.54) is 6.20 Å². The lowest BCUT2D eigenvalue weighted by Crippen LogP contribution is -1.96. The van der Waals surface area contributed by atoms with Gasteiger partial charge < -0.3 is 10.5 Å². The van der Waals surface area contributed by atoms with Gasteiger partial charge in [-0.15, -0.1) is 0 Å². The molecule has 5 nitrogen and oxygen atoms in total. The number of aliphatic imine (C=N–C) groups is 1. The minimum Gasteiger partial charge on any atom is -0.404 e. The Bertz CT molecular complexity index is 670. The molecule has 0 saturated carbocycles. The smallest absolute Gasteiger partial charge is 0.129 e. The van der Waals surface area contributed by atoms with Crippen LogP contribution in [0.2, 0.25) is 5.15 Å². The molecule has 0 atom stereocenters. The van der Waals surface area contributed by atoms with Crippen LogP contribution in [-0.2, 0) is 4.74 Å². The fourth-order valence-electron chi connectivity index (χ4n) is 1.82. The van der Waals surface area contributed by atoms with Crippen LogP contribution < -0.4 is 5.73 Å². The summed E-state index contributed by atoms with van der Waals surface area (Å²) < 4.78 is 4.98. The molecule has 0 fully saturated rings. The summed E-state index contributed by atoms with van der Waals surface area (Å²) >= 11 is 5.90. The summed E-state index contributed by atoms with van der Waals surface area (Å²) in [5, 5.41) is 0.438. The summed E-state index contributed by atoms with van der Waals surface area (Å²) in [4.78, 5) is 12.9. The van der Waals surface area contributed by atoms with Gasteiger partial charge in [0.2, 0.25) is 0 Å². The van der Waals surface area contributed by atoms with Gasteiger partial charge in [-0.2, -0.15) is 0 Å². The SMILES string of the molecule is COCCCN=CC(=CN)c1cnc2ccc(Cl)nc2c1. The zero-order valence-corrected chi connectivity index (χ0v) is 12.5.